The summed E-state index contributed by atoms with van der Waals surface area (Å²) < 4.78 is 5.09. The molecule has 21 heavy (non-hydrogen) atoms. The molecular weight excluding hydrogens is 268 g/mol. The number of nitrogens with one attached hydrogen (secondary N) is 2. The van der Waals surface area contributed by atoms with E-state index in [1.807, 2.05) is 24.3 Å². The molecule has 1 aromatic heterocycles. The second-order valence-electron chi connectivity index (χ2n) is 4.82. The van der Waals surface area contributed by atoms with Crippen molar-refractivity contribution in [2.45, 2.75) is 19.4 Å². The van der Waals surface area contributed by atoms with Crippen molar-refractivity contribution in [1.29, 1.82) is 0 Å². The van der Waals surface area contributed by atoms with Gasteiger partial charge in [-0.15, -0.1) is 0 Å². The van der Waals surface area contributed by atoms with Gasteiger partial charge in [0, 0.05) is 19.0 Å². The predicted octanol–water partition coefficient (Wildman–Crippen LogP) is 1.87. The minimum absolute atomic E-state index is 0.0239. The molecule has 0 spiro atoms. The second-order valence-corrected chi connectivity index (χ2v) is 4.82. The Hall–Kier alpha value is -1.92. The molecule has 1 unspecified atom stereocenters. The third-order valence-corrected chi connectivity index (χ3v) is 3.07. The van der Waals surface area contributed by atoms with Crippen LogP contribution in [0.5, 0.6) is 0 Å². The fourth-order valence-corrected chi connectivity index (χ4v) is 2.04. The van der Waals surface area contributed by atoms with E-state index >= 15 is 0 Å². The Bertz CT molecular complexity index is 577. The molecule has 0 aliphatic rings. The van der Waals surface area contributed by atoms with E-state index in [4.69, 9.17) is 4.74 Å². The number of aliphatic hydroxyl groups excluding tert-OH is 1. The molecule has 1 aromatic carbocycles. The molecule has 0 amide bonds. The number of nitrogens with zero attached hydrogens (tertiary/aromatic N) is 2. The molecule has 0 fully saturated rings. The van der Waals surface area contributed by atoms with Gasteiger partial charge in [0.1, 0.15) is 5.82 Å². The van der Waals surface area contributed by atoms with Crippen LogP contribution in [-0.4, -0.2) is 48.0 Å². The third kappa shape index (κ3) is 4.03. The molecule has 114 valence electrons. The Morgan fingerprint density at radius 3 is 2.81 bits per heavy atom. The quantitative estimate of drug-likeness (QED) is 0.689. The zero-order valence-electron chi connectivity index (χ0n) is 12.5. The van der Waals surface area contributed by atoms with Crippen LogP contribution in [0.15, 0.2) is 24.3 Å². The van der Waals surface area contributed by atoms with Crippen LogP contribution in [0.2, 0.25) is 0 Å². The van der Waals surface area contributed by atoms with Gasteiger partial charge >= 0.3 is 0 Å². The maximum Gasteiger partial charge on any atom is 0.225 e. The minimum Gasteiger partial charge on any atom is -0.394 e. The molecule has 0 saturated heterocycles. The summed E-state index contributed by atoms with van der Waals surface area (Å²) in [6, 6.07) is 7.60. The van der Waals surface area contributed by atoms with Crippen molar-refractivity contribution in [3.05, 3.63) is 24.3 Å². The average molecular weight is 290 g/mol. The summed E-state index contributed by atoms with van der Waals surface area (Å²) in [5, 5.41) is 16.7. The molecule has 0 radical (unpaired) electrons. The number of methoxy groups -OCH3 is 1. The fraction of sp³-hybridized carbons (Fsp3) is 0.467. The van der Waals surface area contributed by atoms with Gasteiger partial charge in [-0.2, -0.15) is 4.98 Å². The molecule has 0 saturated carbocycles. The average Bonchev–Trinajstić information content (AvgIpc) is 2.52. The number of anilines is 2. The highest BCUT2D eigenvalue weighted by atomic mass is 16.5. The Labute approximate surface area is 124 Å². The highest BCUT2D eigenvalue weighted by molar-refractivity contribution is 5.90. The molecule has 0 aliphatic heterocycles. The van der Waals surface area contributed by atoms with E-state index < -0.39 is 0 Å². The Kier molecular flexibility index (Phi) is 5.71. The summed E-state index contributed by atoms with van der Waals surface area (Å²) in [5.41, 5.74) is 0.864. The van der Waals surface area contributed by atoms with Crippen molar-refractivity contribution in [2.75, 3.05) is 37.5 Å². The topological polar surface area (TPSA) is 79.3 Å². The molecule has 1 heterocycles. The lowest BCUT2D eigenvalue weighted by atomic mass is 10.2. The van der Waals surface area contributed by atoms with Gasteiger partial charge in [0.25, 0.3) is 0 Å². The first kappa shape index (κ1) is 15.5. The van der Waals surface area contributed by atoms with E-state index in [1.54, 1.807) is 7.11 Å². The summed E-state index contributed by atoms with van der Waals surface area (Å²) in [7, 11) is 1.61. The van der Waals surface area contributed by atoms with Crippen LogP contribution in [0.3, 0.4) is 0 Å². The maximum absolute atomic E-state index is 9.40. The fourth-order valence-electron chi connectivity index (χ4n) is 2.04. The second kappa shape index (κ2) is 7.75. The van der Waals surface area contributed by atoms with Crippen molar-refractivity contribution in [1.82, 2.24) is 9.97 Å². The maximum atomic E-state index is 9.40. The summed E-state index contributed by atoms with van der Waals surface area (Å²) in [5.74, 6) is 1.29. The van der Waals surface area contributed by atoms with E-state index in [9.17, 15) is 5.11 Å². The lowest BCUT2D eigenvalue weighted by Gasteiger charge is -2.18. The van der Waals surface area contributed by atoms with Gasteiger partial charge in [0.2, 0.25) is 5.95 Å². The third-order valence-electron chi connectivity index (χ3n) is 3.07. The predicted molar refractivity (Wildman–Crippen MR) is 84.7 cm³/mol. The van der Waals surface area contributed by atoms with E-state index in [0.29, 0.717) is 18.4 Å². The largest absolute Gasteiger partial charge is 0.394 e. The molecule has 2 rings (SSSR count). The zero-order chi connectivity index (χ0) is 15.1. The Balaban J connectivity index is 2.34. The molecule has 2 aromatic rings. The first-order valence-electron chi connectivity index (χ1n) is 7.15. The van der Waals surface area contributed by atoms with Gasteiger partial charge in [-0.1, -0.05) is 19.1 Å². The van der Waals surface area contributed by atoms with Crippen LogP contribution >= 0.6 is 0 Å². The monoisotopic (exact) mass is 290 g/mol. The van der Waals surface area contributed by atoms with Gasteiger partial charge in [-0.05, 0) is 18.6 Å². The van der Waals surface area contributed by atoms with Crippen LogP contribution < -0.4 is 10.6 Å². The molecular formula is C15H22N4O2. The number of hydrogen-bond donors (Lipinski definition) is 3. The lowest BCUT2D eigenvalue weighted by Crippen LogP contribution is -2.29. The number of rotatable bonds is 8. The van der Waals surface area contributed by atoms with Crippen molar-refractivity contribution in [3.63, 3.8) is 0 Å². The van der Waals surface area contributed by atoms with Gasteiger partial charge in [0.15, 0.2) is 0 Å². The van der Waals surface area contributed by atoms with Gasteiger partial charge < -0.3 is 20.5 Å². The normalized spacial score (nSPS) is 12.3. The van der Waals surface area contributed by atoms with Gasteiger partial charge in [-0.3, -0.25) is 0 Å². The van der Waals surface area contributed by atoms with Crippen LogP contribution in [-0.2, 0) is 4.74 Å². The number of hydrogen-bond acceptors (Lipinski definition) is 6. The molecule has 1 atom stereocenters. The highest BCUT2D eigenvalue weighted by Crippen LogP contribution is 2.22. The SMILES string of the molecule is CCCNc1nc(NC(CO)COC)c2ccccc2n1. The van der Waals surface area contributed by atoms with Crippen LogP contribution in [0.4, 0.5) is 11.8 Å². The molecule has 6 nitrogen and oxygen atoms in total. The lowest BCUT2D eigenvalue weighted by molar-refractivity contribution is 0.153. The van der Waals surface area contributed by atoms with E-state index in [-0.39, 0.29) is 12.6 Å². The molecule has 6 heteroatoms. The summed E-state index contributed by atoms with van der Waals surface area (Å²) in [6.45, 7) is 3.29. The minimum atomic E-state index is -0.202. The van der Waals surface area contributed by atoms with E-state index in [0.717, 1.165) is 23.9 Å². The summed E-state index contributed by atoms with van der Waals surface area (Å²) in [6.07, 6.45) is 1.00. The number of aliphatic hydroxyl groups is 1. The van der Waals surface area contributed by atoms with Crippen LogP contribution in [0, 0.1) is 0 Å². The number of aromatic nitrogens is 2. The van der Waals surface area contributed by atoms with Crippen molar-refractivity contribution >= 4 is 22.7 Å². The Morgan fingerprint density at radius 1 is 1.29 bits per heavy atom. The zero-order valence-corrected chi connectivity index (χ0v) is 12.5. The van der Waals surface area contributed by atoms with E-state index in [2.05, 4.69) is 27.5 Å². The number of para-hydroxylation sites is 1. The van der Waals surface area contributed by atoms with Crippen molar-refractivity contribution in [2.24, 2.45) is 0 Å². The van der Waals surface area contributed by atoms with Crippen LogP contribution in [0.25, 0.3) is 10.9 Å². The summed E-state index contributed by atoms with van der Waals surface area (Å²) >= 11 is 0. The first-order chi connectivity index (χ1) is 10.3. The molecule has 0 bridgehead atoms. The molecule has 3 N–H and O–H groups in total. The van der Waals surface area contributed by atoms with E-state index in [1.165, 1.54) is 0 Å². The first-order valence-corrected chi connectivity index (χ1v) is 7.15. The standard InChI is InChI=1S/C15H22N4O2/c1-3-8-16-15-18-13-7-5-4-6-12(13)14(19-15)17-11(9-20)10-21-2/h4-7,11,20H,3,8-10H2,1-2H3,(H2,16,17,18,19). The number of benzene rings is 1. The summed E-state index contributed by atoms with van der Waals surface area (Å²) in [4.78, 5) is 9.00. The smallest absolute Gasteiger partial charge is 0.225 e. The van der Waals surface area contributed by atoms with Crippen molar-refractivity contribution < 1.29 is 9.84 Å². The van der Waals surface area contributed by atoms with Crippen LogP contribution in [0.1, 0.15) is 13.3 Å². The number of ether oxygens (including phenoxy) is 1. The molecule has 0 aliphatic carbocycles. The van der Waals surface area contributed by atoms with Gasteiger partial charge in [0.05, 0.1) is 24.8 Å². The van der Waals surface area contributed by atoms with Crippen molar-refractivity contribution in [3.8, 4) is 0 Å². The highest BCUT2D eigenvalue weighted by Gasteiger charge is 2.12. The number of fused-ring (bicyclic) bond motifs is 1. The Morgan fingerprint density at radius 2 is 2.10 bits per heavy atom. The van der Waals surface area contributed by atoms with Gasteiger partial charge in [-0.25, -0.2) is 4.98 Å².